The summed E-state index contributed by atoms with van der Waals surface area (Å²) in [7, 11) is -2.09. The summed E-state index contributed by atoms with van der Waals surface area (Å²) in [6.45, 7) is 1.13. The van der Waals surface area contributed by atoms with Crippen LogP contribution in [0.4, 0.5) is 11.4 Å². The second-order valence-corrected chi connectivity index (χ2v) is 6.02. The highest BCUT2D eigenvalue weighted by molar-refractivity contribution is 7.89. The van der Waals surface area contributed by atoms with E-state index in [1.165, 1.54) is 7.05 Å². The summed E-state index contributed by atoms with van der Waals surface area (Å²) >= 11 is 0. The first-order valence-electron chi connectivity index (χ1n) is 6.07. The van der Waals surface area contributed by atoms with Gasteiger partial charge in [-0.1, -0.05) is 12.1 Å². The van der Waals surface area contributed by atoms with Gasteiger partial charge >= 0.3 is 0 Å². The fourth-order valence-electron chi connectivity index (χ4n) is 1.76. The van der Waals surface area contributed by atoms with Gasteiger partial charge in [0.25, 0.3) is 0 Å². The van der Waals surface area contributed by atoms with Crippen LogP contribution in [0, 0.1) is 0 Å². The molecular formula is C12H17N5O2S. The van der Waals surface area contributed by atoms with Crippen molar-refractivity contribution in [2.75, 3.05) is 24.6 Å². The van der Waals surface area contributed by atoms with Crippen molar-refractivity contribution in [3.63, 3.8) is 0 Å². The van der Waals surface area contributed by atoms with E-state index in [2.05, 4.69) is 15.1 Å². The molecule has 108 valence electrons. The molecule has 0 saturated carbocycles. The van der Waals surface area contributed by atoms with E-state index in [4.69, 9.17) is 5.73 Å². The lowest BCUT2D eigenvalue weighted by Gasteiger charge is -2.11. The molecule has 1 aromatic carbocycles. The van der Waals surface area contributed by atoms with Crippen molar-refractivity contribution in [2.24, 2.45) is 0 Å². The number of nitrogen functional groups attached to an aromatic ring is 1. The van der Waals surface area contributed by atoms with Crippen molar-refractivity contribution in [3.05, 3.63) is 36.7 Å². The summed E-state index contributed by atoms with van der Waals surface area (Å²) in [4.78, 5) is 0.225. The monoisotopic (exact) mass is 295 g/mol. The smallest absolute Gasteiger partial charge is 0.242 e. The second-order valence-electron chi connectivity index (χ2n) is 4.17. The Bertz CT molecular complexity index is 681. The van der Waals surface area contributed by atoms with Crippen LogP contribution in [0.2, 0.25) is 0 Å². The fourth-order valence-corrected chi connectivity index (χ4v) is 2.67. The molecule has 0 fully saturated rings. The van der Waals surface area contributed by atoms with Crippen molar-refractivity contribution in [1.29, 1.82) is 0 Å². The van der Waals surface area contributed by atoms with Gasteiger partial charge in [0.15, 0.2) is 0 Å². The lowest BCUT2D eigenvalue weighted by atomic mass is 10.3. The van der Waals surface area contributed by atoms with Crippen molar-refractivity contribution in [3.8, 4) is 0 Å². The third-order valence-electron chi connectivity index (χ3n) is 2.75. The van der Waals surface area contributed by atoms with Crippen molar-refractivity contribution in [1.82, 2.24) is 14.5 Å². The maximum Gasteiger partial charge on any atom is 0.242 e. The Morgan fingerprint density at radius 3 is 2.75 bits per heavy atom. The zero-order chi connectivity index (χ0) is 14.6. The normalized spacial score (nSPS) is 11.4. The number of hydrogen-bond acceptors (Lipinski definition) is 5. The molecule has 7 nitrogen and oxygen atoms in total. The molecule has 0 radical (unpaired) electrons. The van der Waals surface area contributed by atoms with Crippen LogP contribution in [-0.4, -0.2) is 31.8 Å². The number of nitrogens with two attached hydrogens (primary N) is 1. The number of aromatic nitrogens is 2. The predicted octanol–water partition coefficient (Wildman–Crippen LogP) is 0.485. The Hall–Kier alpha value is -2.06. The predicted molar refractivity (Wildman–Crippen MR) is 77.8 cm³/mol. The van der Waals surface area contributed by atoms with Crippen LogP contribution in [0.5, 0.6) is 0 Å². The van der Waals surface area contributed by atoms with Gasteiger partial charge in [-0.05, 0) is 19.2 Å². The van der Waals surface area contributed by atoms with Gasteiger partial charge in [-0.2, -0.15) is 5.10 Å². The van der Waals surface area contributed by atoms with E-state index in [9.17, 15) is 8.42 Å². The van der Waals surface area contributed by atoms with Gasteiger partial charge in [0, 0.05) is 12.7 Å². The van der Waals surface area contributed by atoms with Crippen LogP contribution < -0.4 is 15.8 Å². The quantitative estimate of drug-likeness (QED) is 0.719. The summed E-state index contributed by atoms with van der Waals surface area (Å²) in [5.41, 5.74) is 6.73. The third kappa shape index (κ3) is 3.28. The number of nitrogens with zero attached hydrogens (tertiary/aromatic N) is 2. The Morgan fingerprint density at radius 1 is 1.35 bits per heavy atom. The highest BCUT2D eigenvalue weighted by Crippen LogP contribution is 2.19. The zero-order valence-electron chi connectivity index (χ0n) is 11.1. The number of anilines is 2. The first-order valence-corrected chi connectivity index (χ1v) is 7.55. The number of hydrogen-bond donors (Lipinski definition) is 3. The van der Waals surface area contributed by atoms with E-state index < -0.39 is 10.0 Å². The molecule has 0 amide bonds. The lowest BCUT2D eigenvalue weighted by Crippen LogP contribution is -2.21. The molecule has 2 aromatic rings. The number of para-hydroxylation sites is 1. The average molecular weight is 295 g/mol. The molecule has 8 heteroatoms. The molecule has 20 heavy (non-hydrogen) atoms. The van der Waals surface area contributed by atoms with Crippen molar-refractivity contribution < 1.29 is 8.42 Å². The summed E-state index contributed by atoms with van der Waals surface area (Å²) < 4.78 is 27.7. The Labute approximate surface area is 117 Å². The van der Waals surface area contributed by atoms with E-state index in [0.717, 1.165) is 0 Å². The summed E-state index contributed by atoms with van der Waals surface area (Å²) in [6, 6.07) is 6.74. The van der Waals surface area contributed by atoms with Gasteiger partial charge in [-0.25, -0.2) is 13.1 Å². The molecule has 0 saturated heterocycles. The van der Waals surface area contributed by atoms with E-state index in [1.54, 1.807) is 41.3 Å². The van der Waals surface area contributed by atoms with Gasteiger partial charge in [0.1, 0.15) is 4.90 Å². The standard InChI is InChI=1S/C12H17N5O2S/c1-14-20(18,19)12-5-3-2-4-11(12)15-6-7-17-9-10(13)8-16-17/h2-5,8-9,14-15H,6-7,13H2,1H3. The largest absolute Gasteiger partial charge is 0.396 e. The molecule has 1 aromatic heterocycles. The first kappa shape index (κ1) is 14.4. The van der Waals surface area contributed by atoms with Gasteiger partial charge in [0.2, 0.25) is 10.0 Å². The summed E-state index contributed by atoms with van der Waals surface area (Å²) in [5, 5.41) is 7.15. The highest BCUT2D eigenvalue weighted by Gasteiger charge is 2.15. The molecule has 2 rings (SSSR count). The van der Waals surface area contributed by atoms with E-state index in [-0.39, 0.29) is 4.90 Å². The second kappa shape index (κ2) is 5.93. The molecule has 1 heterocycles. The van der Waals surface area contributed by atoms with Crippen molar-refractivity contribution >= 4 is 21.4 Å². The number of sulfonamides is 1. The average Bonchev–Trinajstić information content (AvgIpc) is 2.85. The molecule has 4 N–H and O–H groups in total. The molecule has 0 aliphatic heterocycles. The van der Waals surface area contributed by atoms with Crippen molar-refractivity contribution in [2.45, 2.75) is 11.4 Å². The van der Waals surface area contributed by atoms with Gasteiger partial charge in [-0.3, -0.25) is 4.68 Å². The molecule has 0 spiro atoms. The number of benzene rings is 1. The van der Waals surface area contributed by atoms with E-state index >= 15 is 0 Å². The Morgan fingerprint density at radius 2 is 2.10 bits per heavy atom. The van der Waals surface area contributed by atoms with Crippen LogP contribution in [-0.2, 0) is 16.6 Å². The molecule has 0 atom stereocenters. The molecule has 0 aliphatic carbocycles. The highest BCUT2D eigenvalue weighted by atomic mass is 32.2. The van der Waals surface area contributed by atoms with Crippen LogP contribution in [0.1, 0.15) is 0 Å². The molecule has 0 aliphatic rings. The van der Waals surface area contributed by atoms with E-state index in [0.29, 0.717) is 24.5 Å². The maximum absolute atomic E-state index is 11.9. The zero-order valence-corrected chi connectivity index (χ0v) is 11.9. The van der Waals surface area contributed by atoms with Gasteiger partial charge in [-0.15, -0.1) is 0 Å². The maximum atomic E-state index is 11.9. The van der Waals surface area contributed by atoms with Gasteiger partial charge < -0.3 is 11.1 Å². The Balaban J connectivity index is 2.06. The molecule has 0 unspecified atom stereocenters. The lowest BCUT2D eigenvalue weighted by molar-refractivity contribution is 0.588. The van der Waals surface area contributed by atoms with E-state index in [1.807, 2.05) is 0 Å². The number of rotatable bonds is 6. The third-order valence-corrected chi connectivity index (χ3v) is 4.23. The Kier molecular flexibility index (Phi) is 4.26. The first-order chi connectivity index (χ1) is 9.53. The summed E-state index contributed by atoms with van der Waals surface area (Å²) in [5.74, 6) is 0. The van der Waals surface area contributed by atoms with Crippen LogP contribution in [0.25, 0.3) is 0 Å². The fraction of sp³-hybridized carbons (Fsp3) is 0.250. The minimum absolute atomic E-state index is 0.225. The minimum atomic E-state index is -3.47. The van der Waals surface area contributed by atoms with Crippen LogP contribution in [0.3, 0.4) is 0 Å². The minimum Gasteiger partial charge on any atom is -0.396 e. The van der Waals surface area contributed by atoms with Crippen LogP contribution in [0.15, 0.2) is 41.6 Å². The SMILES string of the molecule is CNS(=O)(=O)c1ccccc1NCCn1cc(N)cn1. The topological polar surface area (TPSA) is 102 Å². The van der Waals surface area contributed by atoms with Crippen LogP contribution >= 0.6 is 0 Å². The van der Waals surface area contributed by atoms with Gasteiger partial charge in [0.05, 0.1) is 24.1 Å². The molecular weight excluding hydrogens is 278 g/mol. The molecule has 0 bridgehead atoms. The summed E-state index contributed by atoms with van der Waals surface area (Å²) in [6.07, 6.45) is 3.29. The number of nitrogens with one attached hydrogen (secondary N) is 2.